The Morgan fingerprint density at radius 2 is 1.61 bits per heavy atom. The van der Waals surface area contributed by atoms with Gasteiger partial charge in [0.15, 0.2) is 17.3 Å². The van der Waals surface area contributed by atoms with Crippen LogP contribution in [0.1, 0.15) is 23.2 Å². The van der Waals surface area contributed by atoms with E-state index in [0.717, 1.165) is 89.2 Å². The van der Waals surface area contributed by atoms with Crippen LogP contribution < -0.4 is 20.8 Å². The average Bonchev–Trinajstić information content (AvgIpc) is 3.07. The molecule has 4 heterocycles. The predicted molar refractivity (Wildman–Crippen MR) is 178 cm³/mol. The number of fused-ring (bicyclic) bond motifs is 3. The Bertz CT molecular complexity index is 1810. The van der Waals surface area contributed by atoms with E-state index in [2.05, 4.69) is 32.4 Å². The molecule has 4 aromatic rings. The highest BCUT2D eigenvalue weighted by Crippen LogP contribution is 2.46. The van der Waals surface area contributed by atoms with Crippen molar-refractivity contribution in [1.82, 2.24) is 24.6 Å². The maximum absolute atomic E-state index is 15.9. The monoisotopic (exact) mass is 628 g/mol. The van der Waals surface area contributed by atoms with Gasteiger partial charge in [-0.25, -0.2) is 4.39 Å². The number of piperazine rings is 1. The Labute approximate surface area is 267 Å². The molecule has 1 aromatic heterocycles. The summed E-state index contributed by atoms with van der Waals surface area (Å²) in [5, 5.41) is 8.26. The van der Waals surface area contributed by atoms with Gasteiger partial charge in [0.1, 0.15) is 16.8 Å². The van der Waals surface area contributed by atoms with E-state index >= 15 is 4.39 Å². The van der Waals surface area contributed by atoms with Crippen LogP contribution in [-0.4, -0.2) is 111 Å². The highest BCUT2D eigenvalue weighted by atomic mass is 19.1. The summed E-state index contributed by atoms with van der Waals surface area (Å²) in [5.41, 5.74) is 0.799. The van der Waals surface area contributed by atoms with Gasteiger partial charge in [-0.2, -0.15) is 0 Å². The van der Waals surface area contributed by atoms with E-state index in [1.165, 1.54) is 6.07 Å². The predicted octanol–water partition coefficient (Wildman–Crippen LogP) is 3.89. The number of aromatic nitrogens is 1. The molecule has 2 fully saturated rings. The third-order valence-electron chi connectivity index (χ3n) is 9.33. The third-order valence-corrected chi connectivity index (χ3v) is 9.33. The number of ether oxygens (including phenoxy) is 2. The average molecular weight is 629 g/mol. The number of hydrogen-bond acceptors (Lipinski definition) is 8. The van der Waals surface area contributed by atoms with Crippen molar-refractivity contribution < 1.29 is 18.7 Å². The fraction of sp³-hybridized carbons (Fsp3) is 0.429. The highest BCUT2D eigenvalue weighted by molar-refractivity contribution is 6.02. The first-order chi connectivity index (χ1) is 22.5. The number of morpholine rings is 1. The number of halogens is 1. The van der Waals surface area contributed by atoms with Crippen LogP contribution in [0.3, 0.4) is 0 Å². The number of hydrogen-bond donors (Lipinski definition) is 2. The molecule has 0 aliphatic carbocycles. The number of pyridine rings is 1. The van der Waals surface area contributed by atoms with E-state index in [9.17, 15) is 9.59 Å². The minimum Gasteiger partial charge on any atom is -0.451 e. The lowest BCUT2D eigenvalue weighted by Gasteiger charge is -2.32. The molecule has 242 valence electrons. The molecule has 3 aliphatic rings. The molecule has 0 unspecified atom stereocenters. The van der Waals surface area contributed by atoms with Crippen molar-refractivity contribution in [2.75, 3.05) is 91.0 Å². The van der Waals surface area contributed by atoms with Gasteiger partial charge in [-0.3, -0.25) is 14.5 Å². The van der Waals surface area contributed by atoms with Crippen molar-refractivity contribution in [2.45, 2.75) is 12.8 Å². The highest BCUT2D eigenvalue weighted by Gasteiger charge is 2.29. The minimum absolute atomic E-state index is 0.0295. The van der Waals surface area contributed by atoms with Crippen molar-refractivity contribution in [1.29, 1.82) is 0 Å². The number of carbonyl (C=O) groups is 1. The number of likely N-dealkylation sites (N-methyl/N-ethyl adjacent to an activating group) is 1. The van der Waals surface area contributed by atoms with Gasteiger partial charge in [0.05, 0.1) is 24.3 Å². The van der Waals surface area contributed by atoms with E-state index in [1.54, 1.807) is 6.20 Å². The molecule has 10 nitrogen and oxygen atoms in total. The lowest BCUT2D eigenvalue weighted by molar-refractivity contribution is 0.0374. The maximum atomic E-state index is 15.9. The molecule has 0 spiro atoms. The zero-order valence-electron chi connectivity index (χ0n) is 26.3. The summed E-state index contributed by atoms with van der Waals surface area (Å²) >= 11 is 0. The summed E-state index contributed by atoms with van der Waals surface area (Å²) in [6, 6.07) is 13.1. The smallest absolute Gasteiger partial charge is 0.256 e. The molecule has 0 radical (unpaired) electrons. The zero-order chi connectivity index (χ0) is 31.6. The van der Waals surface area contributed by atoms with Gasteiger partial charge < -0.3 is 34.5 Å². The molecule has 0 atom stereocenters. The first-order valence-electron chi connectivity index (χ1n) is 16.3. The maximum Gasteiger partial charge on any atom is 0.256 e. The van der Waals surface area contributed by atoms with Crippen LogP contribution in [-0.2, 0) is 4.74 Å². The van der Waals surface area contributed by atoms with E-state index in [-0.39, 0.29) is 22.4 Å². The fourth-order valence-electron chi connectivity index (χ4n) is 6.64. The lowest BCUT2D eigenvalue weighted by atomic mass is 10.0. The van der Waals surface area contributed by atoms with Gasteiger partial charge in [0.25, 0.3) is 5.91 Å². The zero-order valence-corrected chi connectivity index (χ0v) is 26.3. The van der Waals surface area contributed by atoms with E-state index in [1.807, 2.05) is 41.0 Å². The summed E-state index contributed by atoms with van der Waals surface area (Å²) in [4.78, 5) is 34.3. The van der Waals surface area contributed by atoms with Crippen LogP contribution in [0.25, 0.3) is 27.4 Å². The SMILES string of the molecule is CN1CCN(CCCNc2c(F)cc3c(=O)c(C(=O)NCCCN4CCOCC4)cn4c3c2Oc2cc3ccccc3cc2-4)CC1. The second-order valence-corrected chi connectivity index (χ2v) is 12.5. The quantitative estimate of drug-likeness (QED) is 0.225. The normalized spacial score (nSPS) is 17.2. The Morgan fingerprint density at radius 1 is 0.913 bits per heavy atom. The lowest BCUT2D eigenvalue weighted by Crippen LogP contribution is -2.44. The van der Waals surface area contributed by atoms with Crippen LogP contribution in [0.2, 0.25) is 0 Å². The van der Waals surface area contributed by atoms with Gasteiger partial charge in [-0.1, -0.05) is 24.3 Å². The minimum atomic E-state index is -0.585. The van der Waals surface area contributed by atoms with Gasteiger partial charge in [-0.05, 0) is 62.0 Å². The molecule has 46 heavy (non-hydrogen) atoms. The second-order valence-electron chi connectivity index (χ2n) is 12.5. The third kappa shape index (κ3) is 6.20. The van der Waals surface area contributed by atoms with Crippen molar-refractivity contribution in [2.24, 2.45) is 0 Å². The Balaban J connectivity index is 1.19. The van der Waals surface area contributed by atoms with Crippen molar-refractivity contribution >= 4 is 33.3 Å². The molecule has 0 saturated carbocycles. The van der Waals surface area contributed by atoms with Crippen molar-refractivity contribution in [3.05, 3.63) is 70.3 Å². The second kappa shape index (κ2) is 13.4. The van der Waals surface area contributed by atoms with Crippen LogP contribution >= 0.6 is 0 Å². The number of rotatable bonds is 10. The number of amides is 1. The molecule has 11 heteroatoms. The number of nitrogens with one attached hydrogen (secondary N) is 2. The summed E-state index contributed by atoms with van der Waals surface area (Å²) in [6.07, 6.45) is 3.16. The Hall–Kier alpha value is -4.03. The number of benzene rings is 3. The van der Waals surface area contributed by atoms with Crippen LogP contribution in [0, 0.1) is 5.82 Å². The van der Waals surface area contributed by atoms with Crippen LogP contribution in [0.15, 0.2) is 53.5 Å². The standard InChI is InChI=1S/C35H41FN6O4/c1-39-12-14-40(15-13-39)10-4-8-37-31-28(36)22-26-32-34(31)46-30-21-25-7-3-2-6-24(25)20-29(30)42(32)23-27(33(26)43)35(44)38-9-5-11-41-16-18-45-19-17-41/h2-3,6-7,20-23,37H,4-5,8-19H2,1H3,(H,38,44). The molecule has 1 amide bonds. The number of carbonyl (C=O) groups excluding carboxylic acids is 1. The first-order valence-corrected chi connectivity index (χ1v) is 16.3. The summed E-state index contributed by atoms with van der Waals surface area (Å²) in [6.45, 7) is 10.0. The van der Waals surface area contributed by atoms with E-state index in [4.69, 9.17) is 9.47 Å². The van der Waals surface area contributed by atoms with Crippen LogP contribution in [0.4, 0.5) is 10.1 Å². The molecule has 2 N–H and O–H groups in total. The summed E-state index contributed by atoms with van der Waals surface area (Å²) in [5.74, 6) is -0.274. The summed E-state index contributed by atoms with van der Waals surface area (Å²) < 4.78 is 29.5. The number of nitrogens with zero attached hydrogens (tertiary/aromatic N) is 4. The molecule has 0 bridgehead atoms. The van der Waals surface area contributed by atoms with Gasteiger partial charge in [0, 0.05) is 58.6 Å². The molecular weight excluding hydrogens is 587 g/mol. The van der Waals surface area contributed by atoms with Gasteiger partial charge in [0.2, 0.25) is 5.43 Å². The largest absolute Gasteiger partial charge is 0.451 e. The molecule has 7 rings (SSSR count). The molecule has 2 saturated heterocycles. The van der Waals surface area contributed by atoms with Crippen molar-refractivity contribution in [3.8, 4) is 17.2 Å². The topological polar surface area (TPSA) is 91.3 Å². The van der Waals surface area contributed by atoms with E-state index in [0.29, 0.717) is 30.0 Å². The number of anilines is 1. The molecular formula is C35H41FN6O4. The summed E-state index contributed by atoms with van der Waals surface area (Å²) in [7, 11) is 2.14. The van der Waals surface area contributed by atoms with E-state index < -0.39 is 17.2 Å². The Morgan fingerprint density at radius 3 is 2.37 bits per heavy atom. The van der Waals surface area contributed by atoms with Crippen molar-refractivity contribution in [3.63, 3.8) is 0 Å². The molecule has 3 aliphatic heterocycles. The molecule has 3 aromatic carbocycles. The Kier molecular flexibility index (Phi) is 8.90. The van der Waals surface area contributed by atoms with Crippen LogP contribution in [0.5, 0.6) is 11.5 Å². The first kappa shape index (κ1) is 30.6. The van der Waals surface area contributed by atoms with Gasteiger partial charge in [-0.15, -0.1) is 0 Å². The fourth-order valence-corrected chi connectivity index (χ4v) is 6.64. The van der Waals surface area contributed by atoms with Gasteiger partial charge >= 0.3 is 0 Å².